The summed E-state index contributed by atoms with van der Waals surface area (Å²) < 4.78 is 2.39. The zero-order chi connectivity index (χ0) is 18.5. The van der Waals surface area contributed by atoms with Crippen LogP contribution >= 0.6 is 0 Å². The third-order valence-electron chi connectivity index (χ3n) is 5.01. The van der Waals surface area contributed by atoms with Gasteiger partial charge in [-0.1, -0.05) is 48.8 Å². The Balaban J connectivity index is 2.36. The third-order valence-corrected chi connectivity index (χ3v) is 5.01. The van der Waals surface area contributed by atoms with E-state index in [0.29, 0.717) is 13.2 Å². The van der Waals surface area contributed by atoms with Crippen molar-refractivity contribution in [3.05, 3.63) is 52.9 Å². The summed E-state index contributed by atoms with van der Waals surface area (Å²) in [5, 5.41) is 7.74. The van der Waals surface area contributed by atoms with Crippen LogP contribution in [0.3, 0.4) is 0 Å². The molecule has 0 radical (unpaired) electrons. The Morgan fingerprint density at radius 1 is 1.04 bits per heavy atom. The van der Waals surface area contributed by atoms with Crippen LogP contribution in [0.15, 0.2) is 41.6 Å². The van der Waals surface area contributed by atoms with E-state index in [-0.39, 0.29) is 0 Å². The predicted molar refractivity (Wildman–Crippen MR) is 109 cm³/mol. The van der Waals surface area contributed by atoms with Crippen molar-refractivity contribution in [2.24, 2.45) is 10.9 Å². The van der Waals surface area contributed by atoms with Gasteiger partial charge in [-0.2, -0.15) is 0 Å². The summed E-state index contributed by atoms with van der Waals surface area (Å²) in [6.07, 6.45) is 3.06. The van der Waals surface area contributed by atoms with Gasteiger partial charge >= 0.3 is 0 Å². The molecule has 0 unspecified atom stereocenters. The number of unbranched alkanes of at least 4 members (excludes halogenated alkanes) is 1. The highest BCUT2D eigenvalue weighted by Gasteiger charge is 2.12. The summed E-state index contributed by atoms with van der Waals surface area (Å²) in [5.74, 6) is 0. The highest BCUT2D eigenvalue weighted by molar-refractivity contribution is 5.95. The van der Waals surface area contributed by atoms with Crippen molar-refractivity contribution in [2.75, 3.05) is 13.2 Å². The monoisotopic (exact) mass is 351 g/mol. The predicted octanol–water partition coefficient (Wildman–Crippen LogP) is 4.39. The summed E-state index contributed by atoms with van der Waals surface area (Å²) in [5.41, 5.74) is 10.8. The molecule has 0 fully saturated rings. The molecule has 0 bridgehead atoms. The average Bonchev–Trinajstić information content (AvgIpc) is 2.66. The van der Waals surface area contributed by atoms with Crippen LogP contribution in [0.5, 0.6) is 0 Å². The number of aryl methyl sites for hydroxylation is 3. The Kier molecular flexibility index (Phi) is 5.94. The molecule has 4 heteroatoms. The van der Waals surface area contributed by atoms with Crippen LogP contribution in [-0.2, 0) is 11.4 Å². The molecule has 1 aromatic heterocycles. The number of nitrogens with zero attached hydrogens (tertiary/aromatic N) is 2. The van der Waals surface area contributed by atoms with Crippen molar-refractivity contribution in [3.63, 3.8) is 0 Å². The van der Waals surface area contributed by atoms with E-state index in [9.17, 15) is 0 Å². The Labute approximate surface area is 155 Å². The van der Waals surface area contributed by atoms with Crippen LogP contribution in [0.2, 0.25) is 0 Å². The third kappa shape index (κ3) is 3.47. The number of benzene rings is 2. The van der Waals surface area contributed by atoms with Crippen LogP contribution in [0, 0.1) is 13.8 Å². The van der Waals surface area contributed by atoms with E-state index < -0.39 is 0 Å². The van der Waals surface area contributed by atoms with Crippen molar-refractivity contribution in [1.29, 1.82) is 0 Å². The summed E-state index contributed by atoms with van der Waals surface area (Å²) >= 11 is 0. The summed E-state index contributed by atoms with van der Waals surface area (Å²) in [7, 11) is 0. The molecule has 0 spiro atoms. The lowest BCUT2D eigenvalue weighted by Gasteiger charge is -2.18. The van der Waals surface area contributed by atoms with Gasteiger partial charge in [0.25, 0.3) is 0 Å². The average molecular weight is 351 g/mol. The molecule has 0 saturated heterocycles. The second-order valence-corrected chi connectivity index (χ2v) is 6.84. The minimum Gasteiger partial charge on any atom is -0.395 e. The van der Waals surface area contributed by atoms with Crippen LogP contribution in [-0.4, -0.2) is 17.7 Å². The summed E-state index contributed by atoms with van der Waals surface area (Å²) in [6, 6.07) is 12.8. The molecular weight excluding hydrogens is 322 g/mol. The molecule has 26 heavy (non-hydrogen) atoms. The minimum atomic E-state index is 0.652. The van der Waals surface area contributed by atoms with Gasteiger partial charge in [0, 0.05) is 17.3 Å². The molecule has 0 amide bonds. The van der Waals surface area contributed by atoms with Gasteiger partial charge in [0.2, 0.25) is 0 Å². The van der Waals surface area contributed by atoms with E-state index in [1.807, 2.05) is 0 Å². The van der Waals surface area contributed by atoms with Gasteiger partial charge in [-0.3, -0.25) is 0 Å². The van der Waals surface area contributed by atoms with Crippen molar-refractivity contribution in [1.82, 2.24) is 4.57 Å². The standard InChI is InChI=1S/C22H29N3O/c1-4-5-15-26-24-21-18-9-6-7-10-20(18)25(14-8-13-23)22-17(3)16(2)11-12-19(21)22/h6-7,9-12H,4-5,8,13-15,23H2,1-3H3/b24-21+. The van der Waals surface area contributed by atoms with E-state index in [4.69, 9.17) is 10.6 Å². The lowest BCUT2D eigenvalue weighted by atomic mass is 10.0. The highest BCUT2D eigenvalue weighted by atomic mass is 16.6. The van der Waals surface area contributed by atoms with E-state index >= 15 is 0 Å². The van der Waals surface area contributed by atoms with Gasteiger partial charge in [-0.05, 0) is 50.4 Å². The Hall–Kier alpha value is -2.33. The minimum absolute atomic E-state index is 0.652. The molecule has 0 aliphatic carbocycles. The normalized spacial score (nSPS) is 12.2. The number of aromatic nitrogens is 1. The molecule has 0 atom stereocenters. The zero-order valence-corrected chi connectivity index (χ0v) is 16.1. The number of para-hydroxylation sites is 1. The first-order chi connectivity index (χ1) is 12.7. The Morgan fingerprint density at radius 3 is 2.62 bits per heavy atom. The molecular formula is C22H29N3O. The molecule has 0 aliphatic heterocycles. The fourth-order valence-corrected chi connectivity index (χ4v) is 3.41. The summed E-state index contributed by atoms with van der Waals surface area (Å²) in [4.78, 5) is 5.66. The number of hydrogen-bond donors (Lipinski definition) is 1. The quantitative estimate of drug-likeness (QED) is 0.390. The van der Waals surface area contributed by atoms with Crippen molar-refractivity contribution in [3.8, 4) is 0 Å². The molecule has 2 aromatic carbocycles. The largest absolute Gasteiger partial charge is 0.395 e. The van der Waals surface area contributed by atoms with Crippen molar-refractivity contribution >= 4 is 21.8 Å². The number of fused-ring (bicyclic) bond motifs is 2. The van der Waals surface area contributed by atoms with E-state index in [2.05, 4.69) is 66.9 Å². The molecule has 3 rings (SSSR count). The molecule has 1 heterocycles. The van der Waals surface area contributed by atoms with Gasteiger partial charge < -0.3 is 15.1 Å². The number of rotatable bonds is 7. The van der Waals surface area contributed by atoms with Crippen molar-refractivity contribution in [2.45, 2.75) is 46.6 Å². The van der Waals surface area contributed by atoms with Crippen LogP contribution in [0.25, 0.3) is 21.8 Å². The molecule has 2 N–H and O–H groups in total. The Morgan fingerprint density at radius 2 is 1.85 bits per heavy atom. The molecule has 138 valence electrons. The lowest BCUT2D eigenvalue weighted by molar-refractivity contribution is 0.132. The number of pyridine rings is 1. The highest BCUT2D eigenvalue weighted by Crippen LogP contribution is 2.24. The first-order valence-electron chi connectivity index (χ1n) is 9.56. The Bertz CT molecular complexity index is 972. The number of hydrogen-bond acceptors (Lipinski definition) is 3. The smallest absolute Gasteiger partial charge is 0.121 e. The zero-order valence-electron chi connectivity index (χ0n) is 16.1. The van der Waals surface area contributed by atoms with E-state index in [1.54, 1.807) is 0 Å². The maximum absolute atomic E-state index is 5.80. The van der Waals surface area contributed by atoms with Gasteiger partial charge in [0.15, 0.2) is 0 Å². The van der Waals surface area contributed by atoms with Gasteiger partial charge in [0.05, 0.1) is 11.0 Å². The fourth-order valence-electron chi connectivity index (χ4n) is 3.41. The maximum atomic E-state index is 5.80. The van der Waals surface area contributed by atoms with Crippen LogP contribution in [0.4, 0.5) is 0 Å². The van der Waals surface area contributed by atoms with E-state index in [0.717, 1.165) is 41.9 Å². The molecule has 0 aliphatic rings. The van der Waals surface area contributed by atoms with Gasteiger partial charge in [-0.15, -0.1) is 0 Å². The first-order valence-corrected chi connectivity index (χ1v) is 9.56. The second kappa shape index (κ2) is 8.37. The molecule has 3 aromatic rings. The van der Waals surface area contributed by atoms with Gasteiger partial charge in [-0.25, -0.2) is 0 Å². The summed E-state index contributed by atoms with van der Waals surface area (Å²) in [6.45, 7) is 8.73. The van der Waals surface area contributed by atoms with Crippen LogP contribution < -0.4 is 11.1 Å². The van der Waals surface area contributed by atoms with E-state index in [1.165, 1.54) is 22.2 Å². The topological polar surface area (TPSA) is 52.5 Å². The second-order valence-electron chi connectivity index (χ2n) is 6.84. The molecule has 4 nitrogen and oxygen atoms in total. The number of nitrogens with two attached hydrogens (primary N) is 1. The van der Waals surface area contributed by atoms with Gasteiger partial charge in [0.1, 0.15) is 12.0 Å². The fraction of sp³-hybridized carbons (Fsp3) is 0.409. The SMILES string of the molecule is CCCCO/N=c1\c2ccccc2n(CCCN)c2c(C)c(C)ccc12. The van der Waals surface area contributed by atoms with Crippen molar-refractivity contribution < 1.29 is 4.84 Å². The molecule has 0 saturated carbocycles. The first kappa shape index (κ1) is 18.5. The lowest BCUT2D eigenvalue weighted by Crippen LogP contribution is -2.16. The van der Waals surface area contributed by atoms with Crippen LogP contribution in [0.1, 0.15) is 37.3 Å². The maximum Gasteiger partial charge on any atom is 0.121 e.